The first-order valence-electron chi connectivity index (χ1n) is 8.80. The highest BCUT2D eigenvalue weighted by molar-refractivity contribution is 5.90. The van der Waals surface area contributed by atoms with Gasteiger partial charge in [-0.3, -0.25) is 4.79 Å². The van der Waals surface area contributed by atoms with Gasteiger partial charge in [0.1, 0.15) is 0 Å². The molecule has 0 saturated heterocycles. The number of carbonyl (C=O) groups is 2. The van der Waals surface area contributed by atoms with E-state index in [4.69, 9.17) is 5.11 Å². The van der Waals surface area contributed by atoms with Crippen molar-refractivity contribution in [2.75, 3.05) is 33.0 Å². The van der Waals surface area contributed by atoms with Crippen LogP contribution in [0.25, 0.3) is 0 Å². The normalized spacial score (nSPS) is 12.5. The summed E-state index contributed by atoms with van der Waals surface area (Å²) in [5, 5.41) is 14.7. The van der Waals surface area contributed by atoms with Crippen molar-refractivity contribution in [3.05, 3.63) is 29.3 Å². The number of quaternary nitrogens is 1. The van der Waals surface area contributed by atoms with Crippen molar-refractivity contribution < 1.29 is 19.2 Å². The van der Waals surface area contributed by atoms with E-state index in [2.05, 4.69) is 23.6 Å². The number of carboxylic acids is 1. The molecule has 0 aliphatic rings. The molecule has 140 valence electrons. The third-order valence-corrected chi connectivity index (χ3v) is 3.88. The smallest absolute Gasteiger partial charge is 0.319 e. The molecule has 1 unspecified atom stereocenters. The Balaban J connectivity index is 2.71. The number of amides is 2. The van der Waals surface area contributed by atoms with Gasteiger partial charge in [0.05, 0.1) is 40.2 Å². The lowest BCUT2D eigenvalue weighted by atomic mass is 10.0. The van der Waals surface area contributed by atoms with Crippen LogP contribution in [0.2, 0.25) is 0 Å². The molecule has 0 spiro atoms. The molecule has 0 aromatic heterocycles. The van der Waals surface area contributed by atoms with Crippen molar-refractivity contribution >= 4 is 17.7 Å². The second kappa shape index (κ2) is 9.42. The van der Waals surface area contributed by atoms with Gasteiger partial charge < -0.3 is 20.2 Å². The third kappa shape index (κ3) is 8.54. The highest BCUT2D eigenvalue weighted by Gasteiger charge is 2.23. The summed E-state index contributed by atoms with van der Waals surface area (Å²) in [6, 6.07) is 5.22. The highest BCUT2D eigenvalue weighted by atomic mass is 16.4. The molecule has 6 nitrogen and oxygen atoms in total. The van der Waals surface area contributed by atoms with Crippen molar-refractivity contribution in [1.82, 2.24) is 5.32 Å². The Morgan fingerprint density at radius 1 is 1.24 bits per heavy atom. The predicted molar refractivity (Wildman–Crippen MR) is 101 cm³/mol. The summed E-state index contributed by atoms with van der Waals surface area (Å²) >= 11 is 0. The lowest BCUT2D eigenvalue weighted by Crippen LogP contribution is -2.50. The lowest BCUT2D eigenvalue weighted by Gasteiger charge is -2.29. The summed E-state index contributed by atoms with van der Waals surface area (Å²) in [7, 11) is 5.90. The van der Waals surface area contributed by atoms with Crippen LogP contribution >= 0.6 is 0 Å². The number of benzene rings is 1. The van der Waals surface area contributed by atoms with Crippen molar-refractivity contribution in [1.29, 1.82) is 0 Å². The number of carbonyl (C=O) groups excluding carboxylic acids is 1. The molecule has 3 N–H and O–H groups in total. The number of carboxylic acid groups (broad SMARTS) is 1. The van der Waals surface area contributed by atoms with Gasteiger partial charge in [-0.1, -0.05) is 25.5 Å². The minimum atomic E-state index is -0.921. The van der Waals surface area contributed by atoms with Gasteiger partial charge in [-0.05, 0) is 37.0 Å². The van der Waals surface area contributed by atoms with Gasteiger partial charge in [-0.25, -0.2) is 4.79 Å². The Hall–Kier alpha value is -2.08. The maximum Gasteiger partial charge on any atom is 0.319 e. The average molecular weight is 350 g/mol. The van der Waals surface area contributed by atoms with Crippen LogP contribution in [0.1, 0.15) is 37.3 Å². The van der Waals surface area contributed by atoms with Gasteiger partial charge >= 0.3 is 12.0 Å². The Morgan fingerprint density at radius 3 is 2.44 bits per heavy atom. The van der Waals surface area contributed by atoms with Gasteiger partial charge in [-0.15, -0.1) is 0 Å². The van der Waals surface area contributed by atoms with E-state index < -0.39 is 12.0 Å². The molecule has 0 fully saturated rings. The van der Waals surface area contributed by atoms with Crippen LogP contribution in [0.15, 0.2) is 18.2 Å². The molecule has 25 heavy (non-hydrogen) atoms. The van der Waals surface area contributed by atoms with Crippen LogP contribution in [0.4, 0.5) is 10.5 Å². The molecular weight excluding hydrogens is 318 g/mol. The molecule has 0 aliphatic carbocycles. The van der Waals surface area contributed by atoms with E-state index >= 15 is 0 Å². The van der Waals surface area contributed by atoms with Gasteiger partial charge in [0.15, 0.2) is 0 Å². The monoisotopic (exact) mass is 350 g/mol. The number of rotatable bonds is 9. The van der Waals surface area contributed by atoms with E-state index in [0.29, 0.717) is 11.0 Å². The molecule has 0 saturated carbocycles. The standard InChI is InChI=1S/C19H31N3O3/c1-6-7-8-15-9-10-17(14(2)11-15)21-19(25)20-16(12-18(23)24)13-22(3,4)5/h9-11,16H,6-8,12-13H2,1-5H3,(H2-,20,21,23,24,25)/p+1. The minimum Gasteiger partial charge on any atom is -0.481 e. The summed E-state index contributed by atoms with van der Waals surface area (Å²) in [6.07, 6.45) is 3.24. The van der Waals surface area contributed by atoms with E-state index in [0.717, 1.165) is 30.5 Å². The third-order valence-electron chi connectivity index (χ3n) is 3.88. The number of likely N-dealkylation sites (N-methyl/N-ethyl adjacent to an activating group) is 1. The van der Waals surface area contributed by atoms with Crippen molar-refractivity contribution in [2.24, 2.45) is 0 Å². The average Bonchev–Trinajstić information content (AvgIpc) is 2.45. The fraction of sp³-hybridized carbons (Fsp3) is 0.579. The maximum absolute atomic E-state index is 12.3. The number of nitrogens with one attached hydrogen (secondary N) is 2. The molecule has 0 radical (unpaired) electrons. The molecule has 1 aromatic carbocycles. The number of nitrogens with zero attached hydrogens (tertiary/aromatic N) is 1. The number of urea groups is 1. The number of aliphatic carboxylic acids is 1. The zero-order valence-corrected chi connectivity index (χ0v) is 16.1. The van der Waals surface area contributed by atoms with Gasteiger partial charge in [0.2, 0.25) is 0 Å². The molecule has 1 aromatic rings. The van der Waals surface area contributed by atoms with Crippen molar-refractivity contribution in [3.8, 4) is 0 Å². The Labute approximate surface area is 150 Å². The number of unbranched alkanes of at least 4 members (excludes halogenated alkanes) is 1. The molecule has 0 bridgehead atoms. The van der Waals surface area contributed by atoms with E-state index in [1.807, 2.05) is 40.2 Å². The molecule has 1 rings (SSSR count). The van der Waals surface area contributed by atoms with Crippen molar-refractivity contribution in [2.45, 2.75) is 45.6 Å². The largest absolute Gasteiger partial charge is 0.481 e. The second-order valence-electron chi connectivity index (χ2n) is 7.62. The first kappa shape index (κ1) is 21.0. The Bertz CT molecular complexity index is 594. The molecule has 0 heterocycles. The van der Waals surface area contributed by atoms with Crippen LogP contribution < -0.4 is 10.6 Å². The van der Waals surface area contributed by atoms with E-state index in [1.54, 1.807) is 0 Å². The highest BCUT2D eigenvalue weighted by Crippen LogP contribution is 2.18. The minimum absolute atomic E-state index is 0.0993. The summed E-state index contributed by atoms with van der Waals surface area (Å²) < 4.78 is 0.573. The van der Waals surface area contributed by atoms with E-state index in [-0.39, 0.29) is 12.5 Å². The lowest BCUT2D eigenvalue weighted by molar-refractivity contribution is -0.871. The predicted octanol–water partition coefficient (Wildman–Crippen LogP) is 3.01. The summed E-state index contributed by atoms with van der Waals surface area (Å²) in [5.41, 5.74) is 3.02. The Kier molecular flexibility index (Phi) is 7.90. The molecule has 0 aliphatic heterocycles. The van der Waals surface area contributed by atoms with Crippen molar-refractivity contribution in [3.63, 3.8) is 0 Å². The molecule has 2 amide bonds. The van der Waals surface area contributed by atoms with E-state index in [1.165, 1.54) is 5.56 Å². The zero-order valence-electron chi connectivity index (χ0n) is 16.1. The summed E-state index contributed by atoms with van der Waals surface area (Å²) in [5.74, 6) is -0.921. The van der Waals surface area contributed by atoms with Gasteiger partial charge in [0.25, 0.3) is 0 Å². The summed E-state index contributed by atoms with van der Waals surface area (Å²) in [4.78, 5) is 23.3. The van der Waals surface area contributed by atoms with Gasteiger partial charge in [0, 0.05) is 5.69 Å². The quantitative estimate of drug-likeness (QED) is 0.599. The number of aryl methyl sites for hydroxylation is 2. The maximum atomic E-state index is 12.3. The van der Waals surface area contributed by atoms with E-state index in [9.17, 15) is 9.59 Å². The molecule has 6 heteroatoms. The summed E-state index contributed by atoms with van der Waals surface area (Å²) in [6.45, 7) is 4.66. The van der Waals surface area contributed by atoms with Crippen LogP contribution in [0.3, 0.4) is 0 Å². The van der Waals surface area contributed by atoms with Gasteiger partial charge in [-0.2, -0.15) is 0 Å². The zero-order chi connectivity index (χ0) is 19.0. The Morgan fingerprint density at radius 2 is 1.92 bits per heavy atom. The first-order valence-corrected chi connectivity index (χ1v) is 8.80. The number of hydrogen-bond acceptors (Lipinski definition) is 2. The fourth-order valence-corrected chi connectivity index (χ4v) is 2.78. The van der Waals surface area contributed by atoms with Crippen LogP contribution in [-0.2, 0) is 11.2 Å². The van der Waals surface area contributed by atoms with Crippen LogP contribution in [0, 0.1) is 6.92 Å². The van der Waals surface area contributed by atoms with Crippen LogP contribution in [-0.4, -0.2) is 55.3 Å². The van der Waals surface area contributed by atoms with Crippen LogP contribution in [0.5, 0.6) is 0 Å². The second-order valence-corrected chi connectivity index (χ2v) is 7.62. The first-order chi connectivity index (χ1) is 11.6. The number of hydrogen-bond donors (Lipinski definition) is 3. The SMILES string of the molecule is CCCCc1ccc(NC(=O)NC(CC(=O)O)C[N+](C)(C)C)c(C)c1. The topological polar surface area (TPSA) is 78.4 Å². The molecule has 1 atom stereocenters. The fourth-order valence-electron chi connectivity index (χ4n) is 2.78. The molecular formula is C19H32N3O3+. The number of anilines is 1.